The molecule has 0 unspecified atom stereocenters. The quantitative estimate of drug-likeness (QED) is 0.880. The third-order valence-electron chi connectivity index (χ3n) is 3.41. The predicted molar refractivity (Wildman–Crippen MR) is 64.7 cm³/mol. The van der Waals surface area contributed by atoms with E-state index in [0.717, 1.165) is 43.1 Å². The van der Waals surface area contributed by atoms with Gasteiger partial charge < -0.3 is 9.84 Å². The van der Waals surface area contributed by atoms with Crippen molar-refractivity contribution in [2.75, 3.05) is 19.8 Å². The Morgan fingerprint density at radius 2 is 1.94 bits per heavy atom. The molecule has 3 heteroatoms. The Hall–Kier alpha value is -0.570. The van der Waals surface area contributed by atoms with Gasteiger partial charge in [0.1, 0.15) is 0 Å². The summed E-state index contributed by atoms with van der Waals surface area (Å²) in [6.45, 7) is 1.69. The molecular weight excluding hydrogens is 224 g/mol. The Morgan fingerprint density at radius 3 is 2.56 bits per heavy atom. The zero-order chi connectivity index (χ0) is 11.4. The van der Waals surface area contributed by atoms with Crippen LogP contribution in [-0.2, 0) is 11.2 Å². The summed E-state index contributed by atoms with van der Waals surface area (Å²) < 4.78 is 5.35. The first-order valence-corrected chi connectivity index (χ1v) is 6.06. The molecule has 1 aromatic rings. The van der Waals surface area contributed by atoms with E-state index in [0.29, 0.717) is 0 Å². The zero-order valence-corrected chi connectivity index (χ0v) is 10.0. The second kappa shape index (κ2) is 5.17. The van der Waals surface area contributed by atoms with Gasteiger partial charge in [-0.3, -0.25) is 0 Å². The summed E-state index contributed by atoms with van der Waals surface area (Å²) in [5.74, 6) is 0. The Morgan fingerprint density at radius 1 is 1.25 bits per heavy atom. The molecule has 2 rings (SSSR count). The molecule has 16 heavy (non-hydrogen) atoms. The maximum atomic E-state index is 9.60. The molecule has 0 bridgehead atoms. The number of ether oxygens (including phenoxy) is 1. The van der Waals surface area contributed by atoms with Crippen LogP contribution < -0.4 is 0 Å². The van der Waals surface area contributed by atoms with E-state index in [4.69, 9.17) is 16.3 Å². The van der Waals surface area contributed by atoms with Crippen LogP contribution >= 0.6 is 11.6 Å². The lowest BCUT2D eigenvalue weighted by Gasteiger charge is -2.35. The van der Waals surface area contributed by atoms with E-state index in [1.54, 1.807) is 0 Å². The van der Waals surface area contributed by atoms with Gasteiger partial charge in [-0.25, -0.2) is 0 Å². The first kappa shape index (κ1) is 11.9. The number of aliphatic hydroxyl groups excluding tert-OH is 1. The lowest BCUT2D eigenvalue weighted by atomic mass is 9.76. The molecule has 1 saturated heterocycles. The molecule has 2 nitrogen and oxygen atoms in total. The van der Waals surface area contributed by atoms with Gasteiger partial charge in [-0.05, 0) is 30.9 Å². The number of hydrogen-bond acceptors (Lipinski definition) is 2. The highest BCUT2D eigenvalue weighted by Crippen LogP contribution is 2.35. The maximum absolute atomic E-state index is 9.60. The molecular formula is C13H17ClO2. The SMILES string of the molecule is OCC1(Cc2ccccc2Cl)CCOCC1. The van der Waals surface area contributed by atoms with Crippen LogP contribution in [0.5, 0.6) is 0 Å². The minimum Gasteiger partial charge on any atom is -0.396 e. The number of benzene rings is 1. The lowest BCUT2D eigenvalue weighted by Crippen LogP contribution is -2.35. The van der Waals surface area contributed by atoms with Crippen molar-refractivity contribution in [3.05, 3.63) is 34.9 Å². The standard InChI is InChI=1S/C13H17ClO2/c14-12-4-2-1-3-11(12)9-13(10-15)5-7-16-8-6-13/h1-4,15H,5-10H2. The van der Waals surface area contributed by atoms with Gasteiger partial charge in [0, 0.05) is 30.3 Å². The summed E-state index contributed by atoms with van der Waals surface area (Å²) in [4.78, 5) is 0. The van der Waals surface area contributed by atoms with Crippen molar-refractivity contribution < 1.29 is 9.84 Å². The highest BCUT2D eigenvalue weighted by molar-refractivity contribution is 6.31. The number of halogens is 1. The van der Waals surface area contributed by atoms with Gasteiger partial charge in [0.2, 0.25) is 0 Å². The van der Waals surface area contributed by atoms with Crippen LogP contribution in [0.2, 0.25) is 5.02 Å². The van der Waals surface area contributed by atoms with Gasteiger partial charge in [0.25, 0.3) is 0 Å². The van der Waals surface area contributed by atoms with Crippen molar-refractivity contribution in [2.24, 2.45) is 5.41 Å². The van der Waals surface area contributed by atoms with Crippen molar-refractivity contribution in [2.45, 2.75) is 19.3 Å². The summed E-state index contributed by atoms with van der Waals surface area (Å²) in [6, 6.07) is 7.86. The van der Waals surface area contributed by atoms with Gasteiger partial charge >= 0.3 is 0 Å². The van der Waals surface area contributed by atoms with E-state index in [9.17, 15) is 5.11 Å². The van der Waals surface area contributed by atoms with Gasteiger partial charge in [0.05, 0.1) is 0 Å². The smallest absolute Gasteiger partial charge is 0.0492 e. The largest absolute Gasteiger partial charge is 0.396 e. The minimum absolute atomic E-state index is 0.0384. The van der Waals surface area contributed by atoms with Gasteiger partial charge in [-0.15, -0.1) is 0 Å². The first-order valence-electron chi connectivity index (χ1n) is 5.68. The molecule has 0 aliphatic carbocycles. The summed E-state index contributed by atoms with van der Waals surface area (Å²) in [5, 5.41) is 10.4. The van der Waals surface area contributed by atoms with E-state index >= 15 is 0 Å². The monoisotopic (exact) mass is 240 g/mol. The van der Waals surface area contributed by atoms with Crippen LogP contribution in [0.3, 0.4) is 0 Å². The fourth-order valence-corrected chi connectivity index (χ4v) is 2.44. The molecule has 1 aromatic carbocycles. The van der Waals surface area contributed by atoms with Crippen molar-refractivity contribution in [3.8, 4) is 0 Å². The fraction of sp³-hybridized carbons (Fsp3) is 0.538. The van der Waals surface area contributed by atoms with Crippen LogP contribution in [0.1, 0.15) is 18.4 Å². The van der Waals surface area contributed by atoms with Crippen molar-refractivity contribution >= 4 is 11.6 Å². The Bertz CT molecular complexity index is 346. The van der Waals surface area contributed by atoms with Crippen molar-refractivity contribution in [3.63, 3.8) is 0 Å². The zero-order valence-electron chi connectivity index (χ0n) is 9.29. The predicted octanol–water partition coefficient (Wildman–Crippen LogP) is 2.67. The maximum Gasteiger partial charge on any atom is 0.0492 e. The summed E-state index contributed by atoms with van der Waals surface area (Å²) >= 11 is 6.15. The lowest BCUT2D eigenvalue weighted by molar-refractivity contribution is -0.0157. The first-order chi connectivity index (χ1) is 7.76. The van der Waals surface area contributed by atoms with E-state index in [1.165, 1.54) is 0 Å². The minimum atomic E-state index is -0.0384. The number of rotatable bonds is 3. The van der Waals surface area contributed by atoms with Gasteiger partial charge in [-0.2, -0.15) is 0 Å². The second-order valence-corrected chi connectivity index (χ2v) is 4.95. The van der Waals surface area contributed by atoms with Crippen LogP contribution in [0, 0.1) is 5.41 Å². The second-order valence-electron chi connectivity index (χ2n) is 4.54. The fourth-order valence-electron chi connectivity index (χ4n) is 2.24. The molecule has 1 N–H and O–H groups in total. The third kappa shape index (κ3) is 2.57. The summed E-state index contributed by atoms with van der Waals surface area (Å²) in [7, 11) is 0. The average Bonchev–Trinajstić information content (AvgIpc) is 2.33. The van der Waals surface area contributed by atoms with E-state index in [1.807, 2.05) is 24.3 Å². The van der Waals surface area contributed by atoms with Crippen LogP contribution in [0.25, 0.3) is 0 Å². The number of hydrogen-bond donors (Lipinski definition) is 1. The van der Waals surface area contributed by atoms with Crippen molar-refractivity contribution in [1.82, 2.24) is 0 Å². The highest BCUT2D eigenvalue weighted by atomic mass is 35.5. The average molecular weight is 241 g/mol. The normalized spacial score (nSPS) is 19.6. The molecule has 0 amide bonds. The summed E-state index contributed by atoms with van der Waals surface area (Å²) in [6.07, 6.45) is 2.66. The molecule has 0 aromatic heterocycles. The Balaban J connectivity index is 2.15. The van der Waals surface area contributed by atoms with E-state index in [-0.39, 0.29) is 12.0 Å². The molecule has 1 aliphatic heterocycles. The van der Waals surface area contributed by atoms with Crippen LogP contribution in [-0.4, -0.2) is 24.9 Å². The molecule has 1 heterocycles. The van der Waals surface area contributed by atoms with Crippen LogP contribution in [0.4, 0.5) is 0 Å². The summed E-state index contributed by atoms with van der Waals surface area (Å²) in [5.41, 5.74) is 1.09. The van der Waals surface area contributed by atoms with Gasteiger partial charge in [0.15, 0.2) is 0 Å². The third-order valence-corrected chi connectivity index (χ3v) is 3.78. The molecule has 0 saturated carbocycles. The molecule has 1 fully saturated rings. The molecule has 0 radical (unpaired) electrons. The van der Waals surface area contributed by atoms with Gasteiger partial charge in [-0.1, -0.05) is 29.8 Å². The molecule has 88 valence electrons. The topological polar surface area (TPSA) is 29.5 Å². The number of aliphatic hydroxyl groups is 1. The Labute approximate surface area is 101 Å². The van der Waals surface area contributed by atoms with Crippen molar-refractivity contribution in [1.29, 1.82) is 0 Å². The molecule has 0 atom stereocenters. The van der Waals surface area contributed by atoms with E-state index in [2.05, 4.69) is 0 Å². The Kier molecular flexibility index (Phi) is 3.85. The van der Waals surface area contributed by atoms with Crippen LogP contribution in [0.15, 0.2) is 24.3 Å². The highest BCUT2D eigenvalue weighted by Gasteiger charge is 2.32. The molecule has 1 aliphatic rings. The molecule has 0 spiro atoms. The van der Waals surface area contributed by atoms with E-state index < -0.39 is 0 Å².